The lowest BCUT2D eigenvalue weighted by atomic mass is 10.2. The van der Waals surface area contributed by atoms with E-state index in [0.717, 1.165) is 11.1 Å². The summed E-state index contributed by atoms with van der Waals surface area (Å²) in [6, 6.07) is 14.7. The number of carbonyl (C=O) groups is 1. The monoisotopic (exact) mass is 397 g/mol. The highest BCUT2D eigenvalue weighted by atomic mass is 35.5. The first-order valence-electron chi connectivity index (χ1n) is 8.57. The van der Waals surface area contributed by atoms with Crippen molar-refractivity contribution in [3.05, 3.63) is 77.0 Å². The molecule has 0 aliphatic heterocycles. The Bertz CT molecular complexity index is 998. The number of benzene rings is 2. The molecule has 0 unspecified atom stereocenters. The molecular weight excluding hydrogens is 378 g/mol. The van der Waals surface area contributed by atoms with Crippen LogP contribution in [-0.2, 0) is 11.3 Å². The SMILES string of the molecule is COc1ccc(/C=C/C(=O)Nc2ccnn2Cc2ccccc2Cl)cc1OC. The molecule has 0 spiro atoms. The van der Waals surface area contributed by atoms with Crippen molar-refractivity contribution < 1.29 is 14.3 Å². The number of nitrogens with one attached hydrogen (secondary N) is 1. The number of nitrogens with zero attached hydrogens (tertiary/aromatic N) is 2. The van der Waals surface area contributed by atoms with E-state index in [1.807, 2.05) is 30.3 Å². The Morgan fingerprint density at radius 2 is 1.93 bits per heavy atom. The van der Waals surface area contributed by atoms with E-state index in [1.165, 1.54) is 6.08 Å². The van der Waals surface area contributed by atoms with Crippen molar-refractivity contribution in [1.29, 1.82) is 0 Å². The Hall–Kier alpha value is -3.25. The van der Waals surface area contributed by atoms with Gasteiger partial charge in [0.05, 0.1) is 27.0 Å². The van der Waals surface area contributed by atoms with Gasteiger partial charge < -0.3 is 14.8 Å². The van der Waals surface area contributed by atoms with Gasteiger partial charge in [0.2, 0.25) is 5.91 Å². The molecule has 0 fully saturated rings. The number of ether oxygens (including phenoxy) is 2. The Labute approximate surface area is 168 Å². The van der Waals surface area contributed by atoms with Gasteiger partial charge in [-0.3, -0.25) is 4.79 Å². The number of halogens is 1. The fraction of sp³-hybridized carbons (Fsp3) is 0.143. The van der Waals surface area contributed by atoms with Gasteiger partial charge in [-0.2, -0.15) is 5.10 Å². The van der Waals surface area contributed by atoms with E-state index >= 15 is 0 Å². The van der Waals surface area contributed by atoms with Crippen LogP contribution in [0.1, 0.15) is 11.1 Å². The zero-order valence-electron chi connectivity index (χ0n) is 15.6. The maximum atomic E-state index is 12.3. The fourth-order valence-electron chi connectivity index (χ4n) is 2.65. The molecule has 6 nitrogen and oxygen atoms in total. The molecule has 1 N–H and O–H groups in total. The van der Waals surface area contributed by atoms with Crippen molar-refractivity contribution in [2.45, 2.75) is 6.54 Å². The highest BCUT2D eigenvalue weighted by Gasteiger charge is 2.08. The lowest BCUT2D eigenvalue weighted by molar-refractivity contribution is -0.111. The van der Waals surface area contributed by atoms with Crippen LogP contribution in [0, 0.1) is 0 Å². The van der Waals surface area contributed by atoms with Gasteiger partial charge in [-0.1, -0.05) is 35.9 Å². The van der Waals surface area contributed by atoms with E-state index < -0.39 is 0 Å². The van der Waals surface area contributed by atoms with Crippen LogP contribution in [0.15, 0.2) is 60.8 Å². The van der Waals surface area contributed by atoms with Gasteiger partial charge >= 0.3 is 0 Å². The molecule has 0 saturated carbocycles. The number of hydrogen-bond donors (Lipinski definition) is 1. The van der Waals surface area contributed by atoms with E-state index in [2.05, 4.69) is 10.4 Å². The number of rotatable bonds is 7. The smallest absolute Gasteiger partial charge is 0.249 e. The molecule has 0 aliphatic rings. The zero-order valence-corrected chi connectivity index (χ0v) is 16.3. The molecule has 1 amide bonds. The van der Waals surface area contributed by atoms with Gasteiger partial charge in [-0.05, 0) is 35.4 Å². The summed E-state index contributed by atoms with van der Waals surface area (Å²) in [5.74, 6) is 1.55. The Kier molecular flexibility index (Phi) is 6.34. The van der Waals surface area contributed by atoms with E-state index in [1.54, 1.807) is 49.4 Å². The van der Waals surface area contributed by atoms with Crippen LogP contribution in [0.5, 0.6) is 11.5 Å². The molecule has 0 bridgehead atoms. The second-order valence-corrected chi connectivity index (χ2v) is 6.31. The molecule has 3 rings (SSSR count). The highest BCUT2D eigenvalue weighted by Crippen LogP contribution is 2.28. The van der Waals surface area contributed by atoms with Gasteiger partial charge in [-0.25, -0.2) is 4.68 Å². The first-order valence-corrected chi connectivity index (χ1v) is 8.95. The lowest BCUT2D eigenvalue weighted by Crippen LogP contribution is -2.13. The summed E-state index contributed by atoms with van der Waals surface area (Å²) in [5, 5.41) is 7.74. The van der Waals surface area contributed by atoms with Crippen LogP contribution in [0.25, 0.3) is 6.08 Å². The van der Waals surface area contributed by atoms with Gasteiger partial charge in [0, 0.05) is 17.2 Å². The molecule has 0 aliphatic carbocycles. The largest absolute Gasteiger partial charge is 0.493 e. The van der Waals surface area contributed by atoms with E-state index in [0.29, 0.717) is 28.9 Å². The third kappa shape index (κ3) is 4.72. The van der Waals surface area contributed by atoms with Crippen molar-refractivity contribution in [1.82, 2.24) is 9.78 Å². The summed E-state index contributed by atoms with van der Waals surface area (Å²) in [4.78, 5) is 12.3. The normalized spacial score (nSPS) is 10.8. The molecule has 3 aromatic rings. The van der Waals surface area contributed by atoms with Crippen LogP contribution in [0.4, 0.5) is 5.82 Å². The zero-order chi connectivity index (χ0) is 19.9. The Morgan fingerprint density at radius 1 is 1.14 bits per heavy atom. The van der Waals surface area contributed by atoms with Crippen molar-refractivity contribution in [3.63, 3.8) is 0 Å². The maximum absolute atomic E-state index is 12.3. The van der Waals surface area contributed by atoms with Gasteiger partial charge in [0.25, 0.3) is 0 Å². The molecular formula is C21H20ClN3O3. The van der Waals surface area contributed by atoms with Crippen LogP contribution in [0.2, 0.25) is 5.02 Å². The second-order valence-electron chi connectivity index (χ2n) is 5.90. The van der Waals surface area contributed by atoms with Crippen LogP contribution in [-0.4, -0.2) is 29.9 Å². The minimum Gasteiger partial charge on any atom is -0.493 e. The average molecular weight is 398 g/mol. The molecule has 0 saturated heterocycles. The number of carbonyl (C=O) groups excluding carboxylic acids is 1. The number of aromatic nitrogens is 2. The van der Waals surface area contributed by atoms with E-state index in [-0.39, 0.29) is 5.91 Å². The van der Waals surface area contributed by atoms with Crippen LogP contribution < -0.4 is 14.8 Å². The summed E-state index contributed by atoms with van der Waals surface area (Å²) >= 11 is 6.20. The number of methoxy groups -OCH3 is 2. The van der Waals surface area contributed by atoms with Gasteiger partial charge in [0.1, 0.15) is 5.82 Å². The minimum absolute atomic E-state index is 0.268. The molecule has 0 radical (unpaired) electrons. The van der Waals surface area contributed by atoms with Crippen LogP contribution in [0.3, 0.4) is 0 Å². The number of hydrogen-bond acceptors (Lipinski definition) is 4. The molecule has 2 aromatic carbocycles. The first kappa shape index (κ1) is 19.5. The third-order valence-corrected chi connectivity index (χ3v) is 4.45. The maximum Gasteiger partial charge on any atom is 0.249 e. The highest BCUT2D eigenvalue weighted by molar-refractivity contribution is 6.31. The summed E-state index contributed by atoms with van der Waals surface area (Å²) in [6.45, 7) is 0.460. The Morgan fingerprint density at radius 3 is 2.68 bits per heavy atom. The predicted octanol–water partition coefficient (Wildman–Crippen LogP) is 4.25. The molecule has 1 heterocycles. The molecule has 1 aromatic heterocycles. The molecule has 28 heavy (non-hydrogen) atoms. The Balaban J connectivity index is 1.68. The summed E-state index contributed by atoms with van der Waals surface area (Å²) < 4.78 is 12.2. The number of amides is 1. The van der Waals surface area contributed by atoms with E-state index in [9.17, 15) is 4.79 Å². The molecule has 7 heteroatoms. The predicted molar refractivity (Wildman–Crippen MR) is 110 cm³/mol. The standard InChI is InChI=1S/C21H20ClN3O3/c1-27-18-9-7-15(13-19(18)28-2)8-10-21(26)24-20-11-12-23-25(20)14-16-5-3-4-6-17(16)22/h3-13H,14H2,1-2H3,(H,24,26)/b10-8+. The van der Waals surface area contributed by atoms with Gasteiger partial charge in [-0.15, -0.1) is 0 Å². The molecule has 144 valence electrons. The quantitative estimate of drug-likeness (QED) is 0.605. The topological polar surface area (TPSA) is 65.4 Å². The fourth-order valence-corrected chi connectivity index (χ4v) is 2.84. The number of anilines is 1. The molecule has 0 atom stereocenters. The first-order chi connectivity index (χ1) is 13.6. The third-order valence-electron chi connectivity index (χ3n) is 4.08. The van der Waals surface area contributed by atoms with E-state index in [4.69, 9.17) is 21.1 Å². The van der Waals surface area contributed by atoms with Crippen molar-refractivity contribution in [2.75, 3.05) is 19.5 Å². The minimum atomic E-state index is -0.268. The van der Waals surface area contributed by atoms with Crippen LogP contribution >= 0.6 is 11.6 Å². The summed E-state index contributed by atoms with van der Waals surface area (Å²) in [5.41, 5.74) is 1.74. The summed E-state index contributed by atoms with van der Waals surface area (Å²) in [6.07, 6.45) is 4.78. The lowest BCUT2D eigenvalue weighted by Gasteiger charge is -2.09. The van der Waals surface area contributed by atoms with Crippen molar-refractivity contribution >= 4 is 29.4 Å². The average Bonchev–Trinajstić information content (AvgIpc) is 3.14. The van der Waals surface area contributed by atoms with Gasteiger partial charge in [0.15, 0.2) is 11.5 Å². The summed E-state index contributed by atoms with van der Waals surface area (Å²) in [7, 11) is 3.14. The second kappa shape index (κ2) is 9.10. The van der Waals surface area contributed by atoms with Crippen molar-refractivity contribution in [3.8, 4) is 11.5 Å². The van der Waals surface area contributed by atoms with Crippen molar-refractivity contribution in [2.24, 2.45) is 0 Å².